The largest absolute Gasteiger partial charge is 0.416 e. The second-order valence-corrected chi connectivity index (χ2v) is 7.84. The fraction of sp³-hybridized carbons (Fsp3) is 0.350. The van der Waals surface area contributed by atoms with Crippen LogP contribution in [-0.4, -0.2) is 42.1 Å². The Morgan fingerprint density at radius 2 is 2.03 bits per heavy atom. The number of halogens is 4. The summed E-state index contributed by atoms with van der Waals surface area (Å²) >= 11 is 5.90. The summed E-state index contributed by atoms with van der Waals surface area (Å²) in [6, 6.07) is 3.96. The highest BCUT2D eigenvalue weighted by molar-refractivity contribution is 6.31. The van der Waals surface area contributed by atoms with Gasteiger partial charge in [0.1, 0.15) is 12.7 Å². The van der Waals surface area contributed by atoms with E-state index in [9.17, 15) is 18.0 Å². The average molecular weight is 451 g/mol. The maximum Gasteiger partial charge on any atom is 0.416 e. The molecule has 162 valence electrons. The number of amides is 1. The summed E-state index contributed by atoms with van der Waals surface area (Å²) in [6.07, 6.45) is 1.56. The summed E-state index contributed by atoms with van der Waals surface area (Å²) in [5, 5.41) is 4.03. The number of carbonyl (C=O) groups is 1. The molecule has 1 saturated carbocycles. The zero-order valence-corrected chi connectivity index (χ0v) is 17.2. The predicted octanol–water partition coefficient (Wildman–Crippen LogP) is 4.34. The van der Waals surface area contributed by atoms with E-state index in [1.807, 2.05) is 0 Å². The molecule has 11 heteroatoms. The van der Waals surface area contributed by atoms with Crippen molar-refractivity contribution in [3.05, 3.63) is 65.1 Å². The molecule has 1 amide bonds. The van der Waals surface area contributed by atoms with Crippen molar-refractivity contribution in [3.63, 3.8) is 0 Å². The molecule has 1 aliphatic rings. The van der Waals surface area contributed by atoms with Gasteiger partial charge in [0.05, 0.1) is 11.6 Å². The molecular weight excluding hydrogens is 433 g/mol. The molecule has 0 saturated heterocycles. The molecule has 1 aromatic carbocycles. The van der Waals surface area contributed by atoms with Crippen molar-refractivity contribution in [1.82, 2.24) is 29.6 Å². The van der Waals surface area contributed by atoms with E-state index in [0.29, 0.717) is 24.1 Å². The van der Waals surface area contributed by atoms with E-state index >= 15 is 0 Å². The topological polar surface area (TPSA) is 76.8 Å². The molecule has 0 aliphatic heterocycles. The number of rotatable bonds is 6. The van der Waals surface area contributed by atoms with Crippen LogP contribution in [0.3, 0.4) is 0 Å². The van der Waals surface area contributed by atoms with Gasteiger partial charge in [-0.25, -0.2) is 15.0 Å². The Morgan fingerprint density at radius 1 is 1.26 bits per heavy atom. The fourth-order valence-corrected chi connectivity index (χ4v) is 3.53. The van der Waals surface area contributed by atoms with E-state index in [0.717, 1.165) is 25.0 Å². The molecule has 0 N–H and O–H groups in total. The Morgan fingerprint density at radius 3 is 2.68 bits per heavy atom. The Balaban J connectivity index is 1.70. The second-order valence-electron chi connectivity index (χ2n) is 7.40. The lowest BCUT2D eigenvalue weighted by atomic mass is 10.1. The molecule has 0 radical (unpaired) electrons. The molecule has 7 nitrogen and oxygen atoms in total. The van der Waals surface area contributed by atoms with Crippen molar-refractivity contribution in [2.75, 3.05) is 6.54 Å². The zero-order chi connectivity index (χ0) is 22.2. The third-order valence-corrected chi connectivity index (χ3v) is 5.30. The van der Waals surface area contributed by atoms with E-state index in [1.54, 1.807) is 19.2 Å². The van der Waals surface area contributed by atoms with Crippen molar-refractivity contribution < 1.29 is 18.0 Å². The molecule has 4 rings (SSSR count). The number of hydrogen-bond donors (Lipinski definition) is 0. The number of carbonyl (C=O) groups excluding carboxylic acids is 1. The molecule has 0 spiro atoms. The molecular formula is C20H18ClF3N6O. The smallest absolute Gasteiger partial charge is 0.328 e. The van der Waals surface area contributed by atoms with Gasteiger partial charge in [-0.15, -0.1) is 0 Å². The molecule has 1 aliphatic carbocycles. The fourth-order valence-electron chi connectivity index (χ4n) is 3.30. The minimum Gasteiger partial charge on any atom is -0.328 e. The van der Waals surface area contributed by atoms with Crippen molar-refractivity contribution >= 4 is 17.5 Å². The van der Waals surface area contributed by atoms with Crippen LogP contribution in [0.1, 0.15) is 47.6 Å². The summed E-state index contributed by atoms with van der Waals surface area (Å²) in [5.74, 6) is 0.647. The maximum absolute atomic E-state index is 13.3. The minimum absolute atomic E-state index is 0.125. The van der Waals surface area contributed by atoms with Crippen LogP contribution in [0.5, 0.6) is 0 Å². The Labute approximate surface area is 180 Å². The van der Waals surface area contributed by atoms with Gasteiger partial charge in [0.2, 0.25) is 0 Å². The number of aromatic nitrogens is 5. The highest BCUT2D eigenvalue weighted by Gasteiger charge is 2.35. The van der Waals surface area contributed by atoms with Gasteiger partial charge >= 0.3 is 6.18 Å². The van der Waals surface area contributed by atoms with Crippen LogP contribution >= 0.6 is 11.6 Å². The molecule has 2 heterocycles. The normalized spacial score (nSPS) is 15.0. The van der Waals surface area contributed by atoms with Crippen LogP contribution in [0.2, 0.25) is 5.02 Å². The van der Waals surface area contributed by atoms with Crippen LogP contribution in [0, 0.1) is 5.92 Å². The summed E-state index contributed by atoms with van der Waals surface area (Å²) in [5.41, 5.74) is -1.09. The third kappa shape index (κ3) is 4.68. The SMILES string of the molecule is CC(c1ncnn1-c1ccncn1)N(CC1CC1)C(=O)c1cc(Cl)cc(C(F)(F)F)c1. The van der Waals surface area contributed by atoms with Crippen LogP contribution in [0.15, 0.2) is 43.1 Å². The van der Waals surface area contributed by atoms with Gasteiger partial charge in [0.15, 0.2) is 11.6 Å². The first kappa shape index (κ1) is 21.2. The first-order valence-corrected chi connectivity index (χ1v) is 9.97. The number of alkyl halides is 3. The number of benzene rings is 1. The average Bonchev–Trinajstić information content (AvgIpc) is 3.43. The van der Waals surface area contributed by atoms with Crippen molar-refractivity contribution in [2.24, 2.45) is 5.92 Å². The Bertz CT molecular complexity index is 1080. The Kier molecular flexibility index (Phi) is 5.65. The number of nitrogens with zero attached hydrogens (tertiary/aromatic N) is 6. The van der Waals surface area contributed by atoms with E-state index in [4.69, 9.17) is 11.6 Å². The molecule has 3 aromatic rings. The highest BCUT2D eigenvalue weighted by Crippen LogP contribution is 2.35. The first-order chi connectivity index (χ1) is 14.7. The maximum atomic E-state index is 13.3. The lowest BCUT2D eigenvalue weighted by molar-refractivity contribution is -0.137. The van der Waals surface area contributed by atoms with Crippen LogP contribution < -0.4 is 0 Å². The standard InChI is InChI=1S/C20H18ClF3N6O/c1-12(18-27-11-28-30(18)17-4-5-25-10-26-17)29(9-13-2-3-13)19(31)14-6-15(20(22,23)24)8-16(21)7-14/h4-8,10-13H,2-3,9H2,1H3. The quantitative estimate of drug-likeness (QED) is 0.558. The van der Waals surface area contributed by atoms with Crippen molar-refractivity contribution in [3.8, 4) is 5.82 Å². The van der Waals surface area contributed by atoms with Crippen molar-refractivity contribution in [2.45, 2.75) is 32.0 Å². The number of hydrogen-bond acceptors (Lipinski definition) is 5. The second kappa shape index (κ2) is 8.26. The summed E-state index contributed by atoms with van der Waals surface area (Å²) in [4.78, 5) is 27.2. The molecule has 1 fully saturated rings. The first-order valence-electron chi connectivity index (χ1n) is 9.59. The highest BCUT2D eigenvalue weighted by atomic mass is 35.5. The molecule has 0 bridgehead atoms. The van der Waals surface area contributed by atoms with Gasteiger partial charge in [0, 0.05) is 29.4 Å². The summed E-state index contributed by atoms with van der Waals surface area (Å²) in [6.45, 7) is 2.15. The predicted molar refractivity (Wildman–Crippen MR) is 106 cm³/mol. The van der Waals surface area contributed by atoms with Gasteiger partial charge in [0.25, 0.3) is 5.91 Å². The molecule has 31 heavy (non-hydrogen) atoms. The van der Waals surface area contributed by atoms with Crippen LogP contribution in [0.4, 0.5) is 13.2 Å². The van der Waals surface area contributed by atoms with Gasteiger partial charge in [-0.3, -0.25) is 4.79 Å². The molecule has 1 unspecified atom stereocenters. The van der Waals surface area contributed by atoms with Crippen molar-refractivity contribution in [1.29, 1.82) is 0 Å². The third-order valence-electron chi connectivity index (χ3n) is 5.08. The van der Waals surface area contributed by atoms with E-state index < -0.39 is 23.7 Å². The van der Waals surface area contributed by atoms with E-state index in [2.05, 4.69) is 20.1 Å². The summed E-state index contributed by atoms with van der Waals surface area (Å²) in [7, 11) is 0. The van der Waals surface area contributed by atoms with Crippen LogP contribution in [0.25, 0.3) is 5.82 Å². The van der Waals surface area contributed by atoms with Gasteiger partial charge in [-0.1, -0.05) is 11.6 Å². The molecule has 2 aromatic heterocycles. The van der Waals surface area contributed by atoms with Gasteiger partial charge in [-0.05, 0) is 43.9 Å². The molecule has 1 atom stereocenters. The lowest BCUT2D eigenvalue weighted by Gasteiger charge is -2.29. The minimum atomic E-state index is -4.61. The lowest BCUT2D eigenvalue weighted by Crippen LogP contribution is -2.36. The Hall–Kier alpha value is -3.01. The van der Waals surface area contributed by atoms with Gasteiger partial charge in [-0.2, -0.15) is 23.0 Å². The zero-order valence-electron chi connectivity index (χ0n) is 16.4. The van der Waals surface area contributed by atoms with Crippen LogP contribution in [-0.2, 0) is 6.18 Å². The van der Waals surface area contributed by atoms with E-state index in [1.165, 1.54) is 28.3 Å². The van der Waals surface area contributed by atoms with E-state index in [-0.39, 0.29) is 10.6 Å². The monoisotopic (exact) mass is 450 g/mol. The van der Waals surface area contributed by atoms with Gasteiger partial charge < -0.3 is 4.90 Å². The summed E-state index contributed by atoms with van der Waals surface area (Å²) < 4.78 is 41.2.